The van der Waals surface area contributed by atoms with Gasteiger partial charge in [-0.25, -0.2) is 0 Å². The highest BCUT2D eigenvalue weighted by Crippen LogP contribution is 2.14. The second-order valence-electron chi connectivity index (χ2n) is 17.5. The SMILES string of the molecule is CCCC/C=C\CCCCCCC(=O)OCC(COC(=O)CCCCCCC\C=C/C=C\C=C/CCCCCCC)OC(=O)CCCCCCCCC/C=C\C/C=C\CCCCC. The van der Waals surface area contributed by atoms with E-state index in [1.165, 1.54) is 103 Å². The molecule has 0 spiro atoms. The predicted molar refractivity (Wildman–Crippen MR) is 270 cm³/mol. The van der Waals surface area contributed by atoms with Crippen LogP contribution >= 0.6 is 0 Å². The number of hydrogen-bond donors (Lipinski definition) is 0. The van der Waals surface area contributed by atoms with E-state index in [-0.39, 0.29) is 31.1 Å². The molecule has 0 saturated heterocycles. The molecule has 0 radical (unpaired) electrons. The van der Waals surface area contributed by atoms with Crippen molar-refractivity contribution < 1.29 is 28.6 Å². The van der Waals surface area contributed by atoms with Gasteiger partial charge in [-0.1, -0.05) is 209 Å². The van der Waals surface area contributed by atoms with E-state index in [4.69, 9.17) is 14.2 Å². The zero-order valence-electron chi connectivity index (χ0n) is 41.3. The smallest absolute Gasteiger partial charge is 0.306 e. The maximum atomic E-state index is 12.8. The lowest BCUT2D eigenvalue weighted by atomic mass is 10.1. The maximum Gasteiger partial charge on any atom is 0.306 e. The van der Waals surface area contributed by atoms with Crippen molar-refractivity contribution in [2.24, 2.45) is 0 Å². The summed E-state index contributed by atoms with van der Waals surface area (Å²) in [4.78, 5) is 37.9. The minimum absolute atomic E-state index is 0.0918. The van der Waals surface area contributed by atoms with Gasteiger partial charge in [-0.05, 0) is 96.3 Å². The summed E-state index contributed by atoms with van der Waals surface area (Å²) in [6.45, 7) is 6.52. The van der Waals surface area contributed by atoms with Gasteiger partial charge in [-0.15, -0.1) is 0 Å². The number of carbonyl (C=O) groups is 3. The van der Waals surface area contributed by atoms with Crippen LogP contribution < -0.4 is 0 Å². The molecule has 0 aliphatic heterocycles. The average molecular weight is 879 g/mol. The molecule has 6 nitrogen and oxygen atoms in total. The molecule has 1 atom stereocenters. The normalized spacial score (nSPS) is 12.6. The molecular formula is C57H98O6. The van der Waals surface area contributed by atoms with E-state index in [2.05, 4.69) is 93.7 Å². The van der Waals surface area contributed by atoms with Gasteiger partial charge in [0.15, 0.2) is 6.10 Å². The molecule has 0 fully saturated rings. The Morgan fingerprint density at radius 2 is 0.651 bits per heavy atom. The van der Waals surface area contributed by atoms with Gasteiger partial charge in [0.05, 0.1) is 0 Å². The first-order chi connectivity index (χ1) is 31.0. The summed E-state index contributed by atoms with van der Waals surface area (Å²) in [6, 6.07) is 0. The van der Waals surface area contributed by atoms with Crippen LogP contribution in [0.4, 0.5) is 0 Å². The van der Waals surface area contributed by atoms with Crippen LogP contribution in [0.5, 0.6) is 0 Å². The topological polar surface area (TPSA) is 78.9 Å². The summed E-state index contributed by atoms with van der Waals surface area (Å²) < 4.78 is 16.8. The summed E-state index contributed by atoms with van der Waals surface area (Å²) in [5, 5.41) is 0. The minimum atomic E-state index is -0.792. The van der Waals surface area contributed by atoms with Crippen molar-refractivity contribution in [3.05, 3.63) is 72.9 Å². The van der Waals surface area contributed by atoms with Gasteiger partial charge in [0, 0.05) is 19.3 Å². The van der Waals surface area contributed by atoms with Gasteiger partial charge < -0.3 is 14.2 Å². The largest absolute Gasteiger partial charge is 0.462 e. The van der Waals surface area contributed by atoms with Gasteiger partial charge in [0.1, 0.15) is 13.2 Å². The van der Waals surface area contributed by atoms with Crippen LogP contribution in [0.25, 0.3) is 0 Å². The third-order valence-corrected chi connectivity index (χ3v) is 11.2. The summed E-state index contributed by atoms with van der Waals surface area (Å²) in [6.07, 6.45) is 64.5. The monoisotopic (exact) mass is 879 g/mol. The van der Waals surface area contributed by atoms with E-state index in [0.717, 1.165) is 109 Å². The Labute approximate surface area is 389 Å². The van der Waals surface area contributed by atoms with Gasteiger partial charge in [-0.2, -0.15) is 0 Å². The second kappa shape index (κ2) is 51.5. The molecule has 63 heavy (non-hydrogen) atoms. The Morgan fingerprint density at radius 1 is 0.333 bits per heavy atom. The van der Waals surface area contributed by atoms with Gasteiger partial charge in [0.25, 0.3) is 0 Å². The quantitative estimate of drug-likeness (QED) is 0.0199. The highest BCUT2D eigenvalue weighted by Gasteiger charge is 2.19. The van der Waals surface area contributed by atoms with Crippen molar-refractivity contribution in [1.29, 1.82) is 0 Å². The number of carbonyl (C=O) groups excluding carboxylic acids is 3. The molecule has 0 heterocycles. The Bertz CT molecular complexity index is 1190. The van der Waals surface area contributed by atoms with Crippen molar-refractivity contribution in [2.75, 3.05) is 13.2 Å². The summed E-state index contributed by atoms with van der Waals surface area (Å²) in [5.74, 6) is -0.931. The van der Waals surface area contributed by atoms with Crippen LogP contribution in [-0.4, -0.2) is 37.2 Å². The zero-order chi connectivity index (χ0) is 45.8. The Balaban J connectivity index is 4.41. The molecule has 0 aliphatic carbocycles. The third-order valence-electron chi connectivity index (χ3n) is 11.2. The van der Waals surface area contributed by atoms with Crippen LogP contribution in [0.1, 0.15) is 252 Å². The first-order valence-electron chi connectivity index (χ1n) is 26.5. The maximum absolute atomic E-state index is 12.8. The molecule has 0 aromatic carbocycles. The van der Waals surface area contributed by atoms with Crippen molar-refractivity contribution in [3.63, 3.8) is 0 Å². The molecule has 6 heteroatoms. The van der Waals surface area contributed by atoms with Gasteiger partial charge >= 0.3 is 17.9 Å². The number of unbranched alkanes of at least 4 members (excludes halogenated alkanes) is 26. The Morgan fingerprint density at radius 3 is 1.10 bits per heavy atom. The number of rotatable bonds is 47. The minimum Gasteiger partial charge on any atom is -0.462 e. The summed E-state index contributed by atoms with van der Waals surface area (Å²) in [7, 11) is 0. The number of hydrogen-bond acceptors (Lipinski definition) is 6. The molecule has 0 amide bonds. The standard InChI is InChI=1S/C57H98O6/c1-4-7-10-13-16-19-22-24-26-28-30-31-33-35-38-41-44-47-50-56(59)62-53-54(52-61-55(58)49-46-43-40-37-21-18-15-12-9-6-3)63-57(60)51-48-45-42-39-36-34-32-29-27-25-23-20-17-14-11-8-5-2/h15,17-18,20,22,24-28,30-31,54H,4-14,16,19,21,23,29,32-53H2,1-3H3/b18-15-,20-17-,24-22-,27-25-,28-26-,31-30-. The lowest BCUT2D eigenvalue weighted by Gasteiger charge is -2.18. The molecular weight excluding hydrogens is 781 g/mol. The van der Waals surface area contributed by atoms with Gasteiger partial charge in [-0.3, -0.25) is 14.4 Å². The molecule has 1 unspecified atom stereocenters. The van der Waals surface area contributed by atoms with Crippen LogP contribution in [-0.2, 0) is 28.6 Å². The van der Waals surface area contributed by atoms with E-state index in [1.807, 2.05) is 0 Å². The fourth-order valence-electron chi connectivity index (χ4n) is 7.16. The first-order valence-corrected chi connectivity index (χ1v) is 26.5. The fraction of sp³-hybridized carbons (Fsp3) is 0.737. The van der Waals surface area contributed by atoms with Crippen LogP contribution in [0.3, 0.4) is 0 Å². The van der Waals surface area contributed by atoms with Gasteiger partial charge in [0.2, 0.25) is 0 Å². The molecule has 0 aromatic rings. The number of allylic oxidation sites excluding steroid dienone is 12. The van der Waals surface area contributed by atoms with Crippen molar-refractivity contribution in [3.8, 4) is 0 Å². The third kappa shape index (κ3) is 49.7. The lowest BCUT2D eigenvalue weighted by molar-refractivity contribution is -0.167. The van der Waals surface area contributed by atoms with Crippen molar-refractivity contribution in [1.82, 2.24) is 0 Å². The van der Waals surface area contributed by atoms with Crippen LogP contribution in [0.2, 0.25) is 0 Å². The van der Waals surface area contributed by atoms with Crippen molar-refractivity contribution >= 4 is 17.9 Å². The second-order valence-corrected chi connectivity index (χ2v) is 17.5. The zero-order valence-corrected chi connectivity index (χ0v) is 41.3. The predicted octanol–water partition coefficient (Wildman–Crippen LogP) is 17.4. The van der Waals surface area contributed by atoms with Crippen LogP contribution in [0.15, 0.2) is 72.9 Å². The Hall–Kier alpha value is -3.15. The van der Waals surface area contributed by atoms with E-state index in [0.29, 0.717) is 19.3 Å². The van der Waals surface area contributed by atoms with E-state index >= 15 is 0 Å². The lowest BCUT2D eigenvalue weighted by Crippen LogP contribution is -2.30. The first kappa shape index (κ1) is 59.9. The molecule has 0 aliphatic rings. The highest BCUT2D eigenvalue weighted by molar-refractivity contribution is 5.71. The summed E-state index contributed by atoms with van der Waals surface area (Å²) in [5.41, 5.74) is 0. The molecule has 0 saturated carbocycles. The van der Waals surface area contributed by atoms with Crippen molar-refractivity contribution in [2.45, 2.75) is 258 Å². The van der Waals surface area contributed by atoms with Crippen LogP contribution in [0, 0.1) is 0 Å². The highest BCUT2D eigenvalue weighted by atomic mass is 16.6. The van der Waals surface area contributed by atoms with E-state index in [9.17, 15) is 14.4 Å². The van der Waals surface area contributed by atoms with E-state index in [1.54, 1.807) is 0 Å². The number of ether oxygens (including phenoxy) is 3. The number of esters is 3. The van der Waals surface area contributed by atoms with E-state index < -0.39 is 6.10 Å². The molecule has 0 aromatic heterocycles. The average Bonchev–Trinajstić information content (AvgIpc) is 3.28. The summed E-state index contributed by atoms with van der Waals surface area (Å²) >= 11 is 0. The molecule has 0 N–H and O–H groups in total. The molecule has 0 rings (SSSR count). The Kier molecular flexibility index (Phi) is 48.9. The fourth-order valence-corrected chi connectivity index (χ4v) is 7.16. The molecule has 0 bridgehead atoms. The molecule has 362 valence electrons.